The predicted molar refractivity (Wildman–Crippen MR) is 92.1 cm³/mol. The standard InChI is InChI=1S/C15H23N3.HI/c1-3-14(4-2)18-11-10-16-15(18)17-12-13-8-6-5-7-9-13;/h5-9,14H,3-4,10-12H2,1-2H3,(H,16,17);1H. The van der Waals surface area contributed by atoms with Crippen molar-refractivity contribution in [1.82, 2.24) is 10.2 Å². The van der Waals surface area contributed by atoms with Gasteiger partial charge in [-0.05, 0) is 18.4 Å². The van der Waals surface area contributed by atoms with Crippen LogP contribution >= 0.6 is 24.0 Å². The van der Waals surface area contributed by atoms with Crippen molar-refractivity contribution in [3.63, 3.8) is 0 Å². The molecule has 106 valence electrons. The monoisotopic (exact) mass is 373 g/mol. The number of hydrogen-bond acceptors (Lipinski definition) is 3. The Bertz CT molecular complexity index is 388. The van der Waals surface area contributed by atoms with Gasteiger partial charge in [0.15, 0.2) is 5.96 Å². The van der Waals surface area contributed by atoms with Crippen LogP contribution in [0.1, 0.15) is 32.3 Å². The number of hydrogen-bond donors (Lipinski definition) is 1. The molecule has 0 atom stereocenters. The highest BCUT2D eigenvalue weighted by molar-refractivity contribution is 14.0. The van der Waals surface area contributed by atoms with Gasteiger partial charge in [-0.15, -0.1) is 24.0 Å². The molecule has 1 aromatic carbocycles. The second kappa shape index (κ2) is 8.40. The predicted octanol–water partition coefficient (Wildman–Crippen LogP) is 3.25. The van der Waals surface area contributed by atoms with Crippen molar-refractivity contribution >= 4 is 29.9 Å². The lowest BCUT2D eigenvalue weighted by atomic mass is 10.1. The second-order valence-electron chi connectivity index (χ2n) is 4.71. The molecule has 0 unspecified atom stereocenters. The largest absolute Gasteiger partial charge is 0.352 e. The lowest BCUT2D eigenvalue weighted by Gasteiger charge is -2.29. The fourth-order valence-corrected chi connectivity index (χ4v) is 2.48. The van der Waals surface area contributed by atoms with E-state index >= 15 is 0 Å². The molecule has 0 saturated heterocycles. The molecule has 1 N–H and O–H groups in total. The van der Waals surface area contributed by atoms with E-state index in [-0.39, 0.29) is 24.0 Å². The molecule has 2 rings (SSSR count). The summed E-state index contributed by atoms with van der Waals surface area (Å²) in [6.07, 6.45) is 2.37. The quantitative estimate of drug-likeness (QED) is 0.803. The summed E-state index contributed by atoms with van der Waals surface area (Å²) in [7, 11) is 0. The highest BCUT2D eigenvalue weighted by Crippen LogP contribution is 2.12. The molecule has 0 fully saturated rings. The lowest BCUT2D eigenvalue weighted by molar-refractivity contribution is 0.309. The van der Waals surface area contributed by atoms with E-state index < -0.39 is 0 Å². The van der Waals surface area contributed by atoms with Gasteiger partial charge in [0, 0.05) is 19.1 Å². The molecule has 0 aromatic heterocycles. The number of benzene rings is 1. The molecule has 1 aliphatic rings. The van der Waals surface area contributed by atoms with Crippen LogP contribution in [0.25, 0.3) is 0 Å². The SMILES string of the molecule is CCC(CC)N1CCN=C1NCc1ccccc1.I. The van der Waals surface area contributed by atoms with Crippen molar-refractivity contribution in [3.05, 3.63) is 35.9 Å². The molecular weight excluding hydrogens is 349 g/mol. The first kappa shape index (κ1) is 16.3. The van der Waals surface area contributed by atoms with Gasteiger partial charge in [-0.3, -0.25) is 4.99 Å². The smallest absolute Gasteiger partial charge is 0.194 e. The van der Waals surface area contributed by atoms with E-state index in [1.165, 1.54) is 18.4 Å². The number of rotatable bonds is 5. The van der Waals surface area contributed by atoms with Gasteiger partial charge in [-0.25, -0.2) is 0 Å². The fourth-order valence-electron chi connectivity index (χ4n) is 2.48. The van der Waals surface area contributed by atoms with Crippen LogP contribution in [0.2, 0.25) is 0 Å². The van der Waals surface area contributed by atoms with Crippen LogP contribution in [-0.2, 0) is 6.54 Å². The van der Waals surface area contributed by atoms with Crippen LogP contribution in [0.5, 0.6) is 0 Å². The number of halogens is 1. The van der Waals surface area contributed by atoms with Crippen molar-refractivity contribution < 1.29 is 0 Å². The Balaban J connectivity index is 0.00000180. The molecular formula is C15H24IN3. The number of guanidine groups is 1. The topological polar surface area (TPSA) is 27.6 Å². The Hall–Kier alpha value is -0.780. The average Bonchev–Trinajstić information content (AvgIpc) is 2.88. The maximum absolute atomic E-state index is 4.58. The summed E-state index contributed by atoms with van der Waals surface area (Å²) in [5.41, 5.74) is 1.30. The van der Waals surface area contributed by atoms with E-state index in [1.807, 2.05) is 6.07 Å². The molecule has 0 aliphatic carbocycles. The Morgan fingerprint density at radius 2 is 1.89 bits per heavy atom. The van der Waals surface area contributed by atoms with Crippen molar-refractivity contribution in [2.24, 2.45) is 4.99 Å². The third kappa shape index (κ3) is 4.37. The first-order valence-electron chi connectivity index (χ1n) is 6.94. The molecule has 0 bridgehead atoms. The molecule has 3 nitrogen and oxygen atoms in total. The summed E-state index contributed by atoms with van der Waals surface area (Å²) in [6.45, 7) is 7.34. The Morgan fingerprint density at radius 1 is 1.21 bits per heavy atom. The van der Waals surface area contributed by atoms with Gasteiger partial charge in [-0.1, -0.05) is 44.2 Å². The minimum absolute atomic E-state index is 0. The van der Waals surface area contributed by atoms with Crippen LogP contribution in [-0.4, -0.2) is 30.0 Å². The highest BCUT2D eigenvalue weighted by Gasteiger charge is 2.22. The third-order valence-corrected chi connectivity index (χ3v) is 3.55. The van der Waals surface area contributed by atoms with Crippen molar-refractivity contribution in [2.45, 2.75) is 39.3 Å². The van der Waals surface area contributed by atoms with Gasteiger partial charge in [-0.2, -0.15) is 0 Å². The summed E-state index contributed by atoms with van der Waals surface area (Å²) in [6, 6.07) is 11.1. The molecule has 1 aromatic rings. The van der Waals surface area contributed by atoms with Gasteiger partial charge >= 0.3 is 0 Å². The van der Waals surface area contributed by atoms with Gasteiger partial charge in [0.1, 0.15) is 0 Å². The summed E-state index contributed by atoms with van der Waals surface area (Å²) < 4.78 is 0. The molecule has 0 amide bonds. The molecule has 1 aliphatic heterocycles. The van der Waals surface area contributed by atoms with Crippen LogP contribution in [0, 0.1) is 0 Å². The van der Waals surface area contributed by atoms with E-state index in [2.05, 4.69) is 53.3 Å². The zero-order valence-corrected chi connectivity index (χ0v) is 14.1. The normalized spacial score (nSPS) is 14.3. The first-order chi connectivity index (χ1) is 8.85. The van der Waals surface area contributed by atoms with E-state index in [9.17, 15) is 0 Å². The zero-order valence-electron chi connectivity index (χ0n) is 11.8. The van der Waals surface area contributed by atoms with Crippen molar-refractivity contribution in [3.8, 4) is 0 Å². The summed E-state index contributed by atoms with van der Waals surface area (Å²) >= 11 is 0. The van der Waals surface area contributed by atoms with Crippen LogP contribution in [0.4, 0.5) is 0 Å². The van der Waals surface area contributed by atoms with Gasteiger partial charge in [0.2, 0.25) is 0 Å². The molecule has 1 heterocycles. The summed E-state index contributed by atoms with van der Waals surface area (Å²) in [5.74, 6) is 1.08. The van der Waals surface area contributed by atoms with Crippen LogP contribution in [0.3, 0.4) is 0 Å². The first-order valence-corrected chi connectivity index (χ1v) is 6.94. The molecule has 19 heavy (non-hydrogen) atoms. The van der Waals surface area contributed by atoms with Gasteiger partial charge in [0.25, 0.3) is 0 Å². The molecule has 0 spiro atoms. The summed E-state index contributed by atoms with van der Waals surface area (Å²) in [5, 5.41) is 3.47. The Labute approximate surface area is 133 Å². The minimum Gasteiger partial charge on any atom is -0.352 e. The van der Waals surface area contributed by atoms with E-state index in [4.69, 9.17) is 0 Å². The molecule has 0 radical (unpaired) electrons. The van der Waals surface area contributed by atoms with E-state index in [0.717, 1.165) is 25.6 Å². The fraction of sp³-hybridized carbons (Fsp3) is 0.533. The summed E-state index contributed by atoms with van der Waals surface area (Å²) in [4.78, 5) is 7.00. The second-order valence-corrected chi connectivity index (χ2v) is 4.71. The molecule has 4 heteroatoms. The maximum atomic E-state index is 4.58. The zero-order chi connectivity index (χ0) is 12.8. The minimum atomic E-state index is 0. The third-order valence-electron chi connectivity index (χ3n) is 3.55. The van der Waals surface area contributed by atoms with E-state index in [0.29, 0.717) is 6.04 Å². The molecule has 0 saturated carbocycles. The van der Waals surface area contributed by atoms with Gasteiger partial charge < -0.3 is 10.2 Å². The van der Waals surface area contributed by atoms with E-state index in [1.54, 1.807) is 0 Å². The highest BCUT2D eigenvalue weighted by atomic mass is 127. The van der Waals surface area contributed by atoms with Crippen molar-refractivity contribution in [2.75, 3.05) is 13.1 Å². The average molecular weight is 373 g/mol. The van der Waals surface area contributed by atoms with Gasteiger partial charge in [0.05, 0.1) is 6.54 Å². The van der Waals surface area contributed by atoms with Crippen molar-refractivity contribution in [1.29, 1.82) is 0 Å². The van der Waals surface area contributed by atoms with Crippen LogP contribution < -0.4 is 5.32 Å². The Morgan fingerprint density at radius 3 is 2.53 bits per heavy atom. The number of aliphatic imine (C=N–C) groups is 1. The lowest BCUT2D eigenvalue weighted by Crippen LogP contribution is -2.44. The number of nitrogens with one attached hydrogen (secondary N) is 1. The Kier molecular flexibility index (Phi) is 7.20. The van der Waals surface area contributed by atoms with Crippen LogP contribution in [0.15, 0.2) is 35.3 Å². The number of nitrogens with zero attached hydrogens (tertiary/aromatic N) is 2. The maximum Gasteiger partial charge on any atom is 0.194 e.